The van der Waals surface area contributed by atoms with Crippen LogP contribution in [0.15, 0.2) is 22.7 Å². The van der Waals surface area contributed by atoms with E-state index in [2.05, 4.69) is 21.2 Å². The highest BCUT2D eigenvalue weighted by atomic mass is 79.9. The van der Waals surface area contributed by atoms with Crippen molar-refractivity contribution in [2.45, 2.75) is 38.1 Å². The van der Waals surface area contributed by atoms with E-state index < -0.39 is 0 Å². The van der Waals surface area contributed by atoms with Crippen LogP contribution in [0.4, 0.5) is 0 Å². The molecule has 20 heavy (non-hydrogen) atoms. The van der Waals surface area contributed by atoms with Crippen molar-refractivity contribution in [2.75, 3.05) is 6.54 Å². The van der Waals surface area contributed by atoms with Gasteiger partial charge in [0.15, 0.2) is 0 Å². The van der Waals surface area contributed by atoms with Gasteiger partial charge >= 0.3 is 0 Å². The van der Waals surface area contributed by atoms with Crippen molar-refractivity contribution in [2.24, 2.45) is 11.7 Å². The second-order valence-electron chi connectivity index (χ2n) is 5.32. The fourth-order valence-corrected chi connectivity index (χ4v) is 3.41. The first-order valence-electron chi connectivity index (χ1n) is 7.08. The summed E-state index contributed by atoms with van der Waals surface area (Å²) in [4.78, 5) is 12.4. The van der Waals surface area contributed by atoms with Crippen molar-refractivity contribution in [1.82, 2.24) is 5.32 Å². The van der Waals surface area contributed by atoms with Crippen LogP contribution in [0.3, 0.4) is 0 Å². The lowest BCUT2D eigenvalue weighted by Crippen LogP contribution is -2.46. The summed E-state index contributed by atoms with van der Waals surface area (Å²) in [6.07, 6.45) is 6.05. The molecule has 1 amide bonds. The van der Waals surface area contributed by atoms with Crippen LogP contribution in [0, 0.1) is 5.92 Å². The number of amides is 1. The minimum Gasteiger partial charge on any atom is -0.348 e. The third kappa shape index (κ3) is 3.74. The average molecular weight is 360 g/mol. The summed E-state index contributed by atoms with van der Waals surface area (Å²) in [6, 6.07) is 5.40. The van der Waals surface area contributed by atoms with Crippen molar-refractivity contribution in [3.63, 3.8) is 0 Å². The normalized spacial score (nSPS) is 17.8. The minimum absolute atomic E-state index is 0.0397. The Morgan fingerprint density at radius 1 is 1.40 bits per heavy atom. The summed E-state index contributed by atoms with van der Waals surface area (Å²) >= 11 is 9.50. The van der Waals surface area contributed by atoms with Gasteiger partial charge in [-0.25, -0.2) is 0 Å². The Kier molecular flexibility index (Phi) is 5.87. The number of carbonyl (C=O) groups is 1. The molecule has 0 spiro atoms. The van der Waals surface area contributed by atoms with Gasteiger partial charge in [-0.15, -0.1) is 0 Å². The van der Waals surface area contributed by atoms with Crippen molar-refractivity contribution in [1.29, 1.82) is 0 Å². The molecule has 1 fully saturated rings. The van der Waals surface area contributed by atoms with Crippen LogP contribution < -0.4 is 11.1 Å². The number of carbonyl (C=O) groups excluding carboxylic acids is 1. The Morgan fingerprint density at radius 3 is 2.75 bits per heavy atom. The smallest absolute Gasteiger partial charge is 0.253 e. The molecule has 0 bridgehead atoms. The highest BCUT2D eigenvalue weighted by Gasteiger charge is 2.25. The summed E-state index contributed by atoms with van der Waals surface area (Å²) in [5.74, 6) is 0.348. The summed E-state index contributed by atoms with van der Waals surface area (Å²) in [5, 5.41) is 3.50. The van der Waals surface area contributed by atoms with Gasteiger partial charge in [-0.1, -0.05) is 36.9 Å². The van der Waals surface area contributed by atoms with Crippen LogP contribution >= 0.6 is 27.5 Å². The molecule has 5 heteroatoms. The van der Waals surface area contributed by atoms with Crippen molar-refractivity contribution in [3.8, 4) is 0 Å². The molecule has 1 unspecified atom stereocenters. The fraction of sp³-hybridized carbons (Fsp3) is 0.533. The summed E-state index contributed by atoms with van der Waals surface area (Å²) in [5.41, 5.74) is 6.34. The number of hydrogen-bond acceptors (Lipinski definition) is 2. The van der Waals surface area contributed by atoms with E-state index in [9.17, 15) is 4.79 Å². The molecule has 1 aromatic rings. The Hall–Kier alpha value is -0.580. The van der Waals surface area contributed by atoms with Crippen LogP contribution in [-0.2, 0) is 0 Å². The maximum absolute atomic E-state index is 12.4. The second-order valence-corrected chi connectivity index (χ2v) is 6.55. The molecular weight excluding hydrogens is 340 g/mol. The monoisotopic (exact) mass is 358 g/mol. The van der Waals surface area contributed by atoms with Crippen molar-refractivity contribution < 1.29 is 4.79 Å². The number of halogens is 2. The average Bonchev–Trinajstić information content (AvgIpc) is 2.48. The molecule has 0 heterocycles. The van der Waals surface area contributed by atoms with E-state index in [1.165, 1.54) is 19.3 Å². The van der Waals surface area contributed by atoms with Crippen LogP contribution in [0.2, 0.25) is 5.02 Å². The fourth-order valence-electron chi connectivity index (χ4n) is 2.83. The maximum Gasteiger partial charge on any atom is 0.253 e. The molecule has 3 N–H and O–H groups in total. The molecule has 0 radical (unpaired) electrons. The van der Waals surface area contributed by atoms with Gasteiger partial charge in [0.1, 0.15) is 0 Å². The van der Waals surface area contributed by atoms with Crippen molar-refractivity contribution >= 4 is 33.4 Å². The summed E-state index contributed by atoms with van der Waals surface area (Å²) in [6.45, 7) is 0.474. The molecule has 1 saturated carbocycles. The quantitative estimate of drug-likeness (QED) is 0.860. The van der Waals surface area contributed by atoms with Gasteiger partial charge in [-0.3, -0.25) is 4.79 Å². The Balaban J connectivity index is 2.06. The van der Waals surface area contributed by atoms with E-state index in [-0.39, 0.29) is 11.9 Å². The zero-order valence-electron chi connectivity index (χ0n) is 11.4. The first-order valence-corrected chi connectivity index (χ1v) is 8.25. The lowest BCUT2D eigenvalue weighted by molar-refractivity contribution is 0.0915. The van der Waals surface area contributed by atoms with Crippen LogP contribution in [-0.4, -0.2) is 18.5 Å². The van der Waals surface area contributed by atoms with E-state index in [1.54, 1.807) is 6.07 Å². The van der Waals surface area contributed by atoms with E-state index >= 15 is 0 Å². The zero-order chi connectivity index (χ0) is 14.5. The molecule has 1 atom stereocenters. The molecule has 0 aliphatic heterocycles. The molecule has 1 aromatic carbocycles. The summed E-state index contributed by atoms with van der Waals surface area (Å²) in [7, 11) is 0. The minimum atomic E-state index is -0.141. The van der Waals surface area contributed by atoms with Gasteiger partial charge in [0.25, 0.3) is 5.91 Å². The van der Waals surface area contributed by atoms with Crippen LogP contribution in [0.25, 0.3) is 0 Å². The summed E-state index contributed by atoms with van der Waals surface area (Å²) < 4.78 is 0.730. The molecule has 0 aromatic heterocycles. The highest BCUT2D eigenvalue weighted by Crippen LogP contribution is 2.28. The topological polar surface area (TPSA) is 55.1 Å². The van der Waals surface area contributed by atoms with E-state index in [0.717, 1.165) is 17.3 Å². The van der Waals surface area contributed by atoms with Gasteiger partial charge in [0, 0.05) is 17.1 Å². The molecule has 1 aliphatic rings. The Labute approximate surface area is 133 Å². The number of hydrogen-bond donors (Lipinski definition) is 2. The highest BCUT2D eigenvalue weighted by molar-refractivity contribution is 9.10. The van der Waals surface area contributed by atoms with Gasteiger partial charge in [-0.05, 0) is 46.8 Å². The van der Waals surface area contributed by atoms with E-state index in [4.69, 9.17) is 17.3 Å². The number of rotatable bonds is 4. The largest absolute Gasteiger partial charge is 0.348 e. The third-order valence-electron chi connectivity index (χ3n) is 3.99. The van der Waals surface area contributed by atoms with Gasteiger partial charge in [0.2, 0.25) is 0 Å². The number of nitrogens with one attached hydrogen (secondary N) is 1. The van der Waals surface area contributed by atoms with Gasteiger partial charge in [-0.2, -0.15) is 0 Å². The van der Waals surface area contributed by atoms with Crippen LogP contribution in [0.1, 0.15) is 42.5 Å². The molecule has 110 valence electrons. The molecule has 0 saturated heterocycles. The predicted octanol–water partition coefficient (Wildman–Crippen LogP) is 3.74. The lowest BCUT2D eigenvalue weighted by Gasteiger charge is -2.30. The molecule has 2 rings (SSSR count). The predicted molar refractivity (Wildman–Crippen MR) is 86.0 cm³/mol. The van der Waals surface area contributed by atoms with Crippen LogP contribution in [0.5, 0.6) is 0 Å². The molecular formula is C15H20BrClN2O. The standard InChI is InChI=1S/C15H20BrClN2O/c16-12-8-4-7-11(14(12)17)15(20)19-13(9-18)10-5-2-1-3-6-10/h4,7-8,10,13H,1-3,5-6,9,18H2,(H,19,20). The van der Waals surface area contributed by atoms with E-state index in [0.29, 0.717) is 23.0 Å². The van der Waals surface area contributed by atoms with Gasteiger partial charge in [0.05, 0.1) is 10.6 Å². The second kappa shape index (κ2) is 7.43. The Bertz CT molecular complexity index is 475. The van der Waals surface area contributed by atoms with E-state index in [1.807, 2.05) is 12.1 Å². The molecule has 1 aliphatic carbocycles. The first kappa shape index (κ1) is 15.8. The maximum atomic E-state index is 12.4. The SMILES string of the molecule is NCC(NC(=O)c1cccc(Br)c1Cl)C1CCCCC1. The Morgan fingerprint density at radius 2 is 2.10 bits per heavy atom. The first-order chi connectivity index (χ1) is 9.63. The van der Waals surface area contributed by atoms with Crippen molar-refractivity contribution in [3.05, 3.63) is 33.3 Å². The number of nitrogens with two attached hydrogens (primary N) is 1. The molecule has 3 nitrogen and oxygen atoms in total. The zero-order valence-corrected chi connectivity index (χ0v) is 13.7. The lowest BCUT2D eigenvalue weighted by atomic mass is 9.84. The number of benzene rings is 1. The third-order valence-corrected chi connectivity index (χ3v) is 5.28. The van der Waals surface area contributed by atoms with Gasteiger partial charge < -0.3 is 11.1 Å².